The molecule has 4 rings (SSSR count). The van der Waals surface area contributed by atoms with Gasteiger partial charge in [0.1, 0.15) is 40.5 Å². The number of amidine groups is 1. The molecule has 0 bridgehead atoms. The van der Waals surface area contributed by atoms with Gasteiger partial charge in [-0.05, 0) is 67.5 Å². The van der Waals surface area contributed by atoms with Gasteiger partial charge < -0.3 is 11.1 Å². The van der Waals surface area contributed by atoms with E-state index in [4.69, 9.17) is 11.0 Å². The van der Waals surface area contributed by atoms with Crippen LogP contribution in [-0.2, 0) is 15.7 Å². The topological polar surface area (TPSA) is 146 Å². The standard InChI is InChI=1S/C22H26FN7O2S/c1-13-9-14(10-24)11-26-17(13)19(31)29-16-6-5-15(23)18(28-16)21(2)12-33(32)22(3,20(25)30-21)7-4-8-27-33/h5-6,9,11,33H,4,7-8,12H2,1-3H3,(H2,25,30)(H,27,32)(H,28,29,31)/t21-,22+/m0/s1. The molecule has 1 amide bonds. The van der Waals surface area contributed by atoms with E-state index in [0.29, 0.717) is 24.1 Å². The lowest BCUT2D eigenvalue weighted by Crippen LogP contribution is -2.67. The first-order valence-corrected chi connectivity index (χ1v) is 12.5. The first-order chi connectivity index (χ1) is 15.5. The van der Waals surface area contributed by atoms with Gasteiger partial charge in [-0.1, -0.05) is 0 Å². The molecular weight excluding hydrogens is 445 g/mol. The first kappa shape index (κ1) is 22.9. The Bertz CT molecular complexity index is 1270. The summed E-state index contributed by atoms with van der Waals surface area (Å²) in [5.74, 6) is -0.797. The highest BCUT2D eigenvalue weighted by molar-refractivity contribution is 8.03. The van der Waals surface area contributed by atoms with E-state index in [9.17, 15) is 13.4 Å². The molecule has 2 atom stereocenters. The van der Waals surface area contributed by atoms with Gasteiger partial charge in [-0.25, -0.2) is 14.4 Å². The van der Waals surface area contributed by atoms with Crippen LogP contribution in [0.1, 0.15) is 54.0 Å². The fourth-order valence-corrected chi connectivity index (χ4v) is 7.87. The van der Waals surface area contributed by atoms with Crippen LogP contribution in [0.4, 0.5) is 10.2 Å². The van der Waals surface area contributed by atoms with Gasteiger partial charge in [0.2, 0.25) is 0 Å². The van der Waals surface area contributed by atoms with E-state index in [1.165, 1.54) is 18.3 Å². The minimum absolute atomic E-state index is 0.0441. The molecule has 0 saturated carbocycles. The quantitative estimate of drug-likeness (QED) is 0.501. The molecule has 0 unspecified atom stereocenters. The number of nitrogens with zero attached hydrogens (tertiary/aromatic N) is 4. The summed E-state index contributed by atoms with van der Waals surface area (Å²) in [6.07, 6.45) is 2.77. The fraction of sp³-hybridized carbons (Fsp3) is 0.409. The second kappa shape index (κ2) is 7.97. The van der Waals surface area contributed by atoms with Crippen molar-refractivity contribution >= 4 is 27.7 Å². The van der Waals surface area contributed by atoms with Gasteiger partial charge >= 0.3 is 0 Å². The van der Waals surface area contributed by atoms with E-state index in [2.05, 4.69) is 25.0 Å². The number of fused-ring (bicyclic) bond motifs is 1. The van der Waals surface area contributed by atoms with Gasteiger partial charge in [0.25, 0.3) is 5.91 Å². The molecule has 11 heteroatoms. The third-order valence-electron chi connectivity index (χ3n) is 6.47. The largest absolute Gasteiger partial charge is 0.386 e. The number of halogens is 1. The molecule has 2 aromatic rings. The maximum absolute atomic E-state index is 14.9. The first-order valence-electron chi connectivity index (χ1n) is 10.6. The number of nitriles is 1. The fourth-order valence-electron chi connectivity index (χ4n) is 4.51. The van der Waals surface area contributed by atoms with E-state index in [1.807, 2.05) is 13.0 Å². The van der Waals surface area contributed by atoms with Crippen LogP contribution < -0.4 is 15.8 Å². The van der Waals surface area contributed by atoms with Crippen molar-refractivity contribution < 1.29 is 13.4 Å². The number of pyridine rings is 2. The molecule has 174 valence electrons. The normalized spacial score (nSPS) is 26.9. The summed E-state index contributed by atoms with van der Waals surface area (Å²) < 4.78 is 31.2. The van der Waals surface area contributed by atoms with Crippen LogP contribution >= 0.6 is 0 Å². The lowest BCUT2D eigenvalue weighted by Gasteiger charge is -2.52. The monoisotopic (exact) mass is 471 g/mol. The summed E-state index contributed by atoms with van der Waals surface area (Å²) in [5, 5.41) is 11.6. The minimum atomic E-state index is -3.03. The number of carbonyl (C=O) groups is 1. The number of thiol groups is 1. The molecule has 33 heavy (non-hydrogen) atoms. The molecular formula is C22H26FN7O2S. The third kappa shape index (κ3) is 3.79. The number of aryl methyl sites for hydroxylation is 1. The number of nitrogens with one attached hydrogen (secondary N) is 2. The van der Waals surface area contributed by atoms with Gasteiger partial charge in [0.15, 0.2) is 0 Å². The zero-order valence-corrected chi connectivity index (χ0v) is 19.5. The smallest absolute Gasteiger partial charge is 0.275 e. The van der Waals surface area contributed by atoms with E-state index in [0.717, 1.165) is 6.42 Å². The zero-order valence-electron chi connectivity index (χ0n) is 18.6. The number of aliphatic imine (C=N–C) groups is 1. The summed E-state index contributed by atoms with van der Waals surface area (Å²) in [6.45, 7) is 5.75. The highest BCUT2D eigenvalue weighted by Gasteiger charge is 2.53. The molecule has 2 aliphatic rings. The summed E-state index contributed by atoms with van der Waals surface area (Å²) in [6, 6.07) is 6.04. The summed E-state index contributed by atoms with van der Waals surface area (Å²) in [4.78, 5) is 25.7. The minimum Gasteiger partial charge on any atom is -0.386 e. The van der Waals surface area contributed by atoms with Crippen LogP contribution in [0.25, 0.3) is 0 Å². The number of hydrogen-bond donors (Lipinski definition) is 4. The molecule has 2 aromatic heterocycles. The maximum atomic E-state index is 14.9. The average molecular weight is 472 g/mol. The van der Waals surface area contributed by atoms with E-state index in [1.54, 1.807) is 19.9 Å². The van der Waals surface area contributed by atoms with Gasteiger partial charge in [-0.3, -0.25) is 18.7 Å². The molecule has 1 saturated heterocycles. The van der Waals surface area contributed by atoms with Crippen LogP contribution in [-0.4, -0.2) is 43.0 Å². The number of rotatable bonds is 3. The van der Waals surface area contributed by atoms with Crippen molar-refractivity contribution in [2.24, 2.45) is 10.7 Å². The Morgan fingerprint density at radius 1 is 1.39 bits per heavy atom. The Labute approximate surface area is 192 Å². The van der Waals surface area contributed by atoms with E-state index >= 15 is 0 Å². The van der Waals surface area contributed by atoms with Crippen LogP contribution in [0.2, 0.25) is 0 Å². The van der Waals surface area contributed by atoms with E-state index < -0.39 is 32.1 Å². The third-order valence-corrected chi connectivity index (χ3v) is 10.3. The van der Waals surface area contributed by atoms with Gasteiger partial charge in [-0.15, -0.1) is 0 Å². The number of hydrogen-bond acceptors (Lipinski definition) is 7. The average Bonchev–Trinajstić information content (AvgIpc) is 2.76. The van der Waals surface area contributed by atoms with Gasteiger partial charge in [0, 0.05) is 18.5 Å². The number of anilines is 1. The Kier molecular flexibility index (Phi) is 5.54. The summed E-state index contributed by atoms with van der Waals surface area (Å²) >= 11 is 0. The van der Waals surface area contributed by atoms with Crippen LogP contribution in [0.3, 0.4) is 0 Å². The Balaban J connectivity index is 1.69. The molecule has 0 radical (unpaired) electrons. The molecule has 4 N–H and O–H groups in total. The van der Waals surface area contributed by atoms with Crippen molar-refractivity contribution in [3.05, 3.63) is 52.7 Å². The van der Waals surface area contributed by atoms with Crippen molar-refractivity contribution in [3.8, 4) is 6.07 Å². The molecule has 0 aromatic carbocycles. The lowest BCUT2D eigenvalue weighted by molar-refractivity contribution is 0.102. The van der Waals surface area contributed by atoms with Crippen molar-refractivity contribution in [1.82, 2.24) is 14.7 Å². The Morgan fingerprint density at radius 3 is 2.85 bits per heavy atom. The molecule has 4 heterocycles. The van der Waals surface area contributed by atoms with E-state index in [-0.39, 0.29) is 28.8 Å². The van der Waals surface area contributed by atoms with Gasteiger partial charge in [-0.2, -0.15) is 5.26 Å². The Hall–Kier alpha value is -3.23. The highest BCUT2D eigenvalue weighted by Crippen LogP contribution is 2.43. The number of aromatic nitrogens is 2. The zero-order chi connectivity index (χ0) is 24.0. The summed E-state index contributed by atoms with van der Waals surface area (Å²) in [7, 11) is -3.03. The molecule has 1 fully saturated rings. The number of nitrogens with two attached hydrogens (primary N) is 1. The number of amides is 1. The predicted octanol–water partition coefficient (Wildman–Crippen LogP) is 1.71. The van der Waals surface area contributed by atoms with Crippen molar-refractivity contribution in [1.29, 1.82) is 5.26 Å². The highest BCUT2D eigenvalue weighted by atomic mass is 32.3. The number of carbonyl (C=O) groups excluding carboxylic acids is 1. The summed E-state index contributed by atoms with van der Waals surface area (Å²) in [5.41, 5.74) is 5.96. The van der Waals surface area contributed by atoms with Crippen LogP contribution in [0.5, 0.6) is 0 Å². The maximum Gasteiger partial charge on any atom is 0.275 e. The van der Waals surface area contributed by atoms with Crippen molar-refractivity contribution in [2.45, 2.75) is 43.9 Å². The SMILES string of the molecule is Cc1cc(C#N)cnc1C(=O)Nc1ccc(F)c([C@]2(C)C[SH]3(=O)NCCC[C@]3(C)C(N)=N2)n1. The van der Waals surface area contributed by atoms with Crippen molar-refractivity contribution in [3.63, 3.8) is 0 Å². The lowest BCUT2D eigenvalue weighted by atomic mass is 9.96. The van der Waals surface area contributed by atoms with Crippen LogP contribution in [0, 0.1) is 24.1 Å². The second-order valence-corrected chi connectivity index (χ2v) is 12.0. The molecule has 0 aliphatic carbocycles. The molecule has 2 aliphatic heterocycles. The van der Waals surface area contributed by atoms with Crippen LogP contribution in [0.15, 0.2) is 29.4 Å². The molecule has 9 nitrogen and oxygen atoms in total. The van der Waals surface area contributed by atoms with Gasteiger partial charge in [0.05, 0.1) is 10.3 Å². The predicted molar refractivity (Wildman–Crippen MR) is 125 cm³/mol. The second-order valence-electron chi connectivity index (χ2n) is 8.94. The molecule has 0 spiro atoms. The Morgan fingerprint density at radius 2 is 2.15 bits per heavy atom. The van der Waals surface area contributed by atoms with Crippen molar-refractivity contribution in [2.75, 3.05) is 17.6 Å².